The van der Waals surface area contributed by atoms with Crippen LogP contribution in [-0.2, 0) is 0 Å². The Morgan fingerprint density at radius 2 is 0.452 bits per heavy atom. The second-order valence-corrected chi connectivity index (χ2v) is 13.8. The van der Waals surface area contributed by atoms with Crippen LogP contribution in [0, 0.1) is 0 Å². The molecule has 0 aliphatic heterocycles. The summed E-state index contributed by atoms with van der Waals surface area (Å²) in [6, 6.07) is 0. The van der Waals surface area contributed by atoms with Crippen LogP contribution in [-0.4, -0.2) is 24.8 Å². The van der Waals surface area contributed by atoms with Crippen LogP contribution < -0.4 is 5.32 Å². The number of aliphatic hydroxyl groups excluding tert-OH is 1. The largest absolute Gasteiger partial charge is 0.396 e. The lowest BCUT2D eigenvalue weighted by Crippen LogP contribution is -2.16. The number of hydrogen-bond donors (Lipinski definition) is 2. The molecule has 0 bridgehead atoms. The number of aliphatic hydroxyl groups is 1. The summed E-state index contributed by atoms with van der Waals surface area (Å²) in [6.07, 6.45) is 51.4. The molecule has 0 saturated heterocycles. The fourth-order valence-electron chi connectivity index (χ4n) is 6.47. The Morgan fingerprint density at radius 3 is 0.667 bits per heavy atom. The Hall–Kier alpha value is -0.0800. The van der Waals surface area contributed by atoms with E-state index in [9.17, 15) is 0 Å². The number of rotatable bonds is 39. The molecule has 0 saturated carbocycles. The van der Waals surface area contributed by atoms with Gasteiger partial charge < -0.3 is 10.4 Å². The van der Waals surface area contributed by atoms with E-state index in [2.05, 4.69) is 12.2 Å². The van der Waals surface area contributed by atoms with Gasteiger partial charge in [-0.25, -0.2) is 0 Å². The van der Waals surface area contributed by atoms with E-state index < -0.39 is 0 Å². The molecular weight excluding hydrogens is 510 g/mol. The van der Waals surface area contributed by atoms with E-state index in [0.29, 0.717) is 6.61 Å². The SMILES string of the molecule is CCCCCCCCCCCCCCCCCCCCNCCCCCCCCCCCCCCCCCCCCO. The van der Waals surface area contributed by atoms with Gasteiger partial charge in [0.15, 0.2) is 0 Å². The number of hydrogen-bond acceptors (Lipinski definition) is 2. The fraction of sp³-hybridized carbons (Fsp3) is 1.00. The van der Waals surface area contributed by atoms with Crippen LogP contribution in [0.3, 0.4) is 0 Å². The van der Waals surface area contributed by atoms with Gasteiger partial charge in [-0.05, 0) is 32.4 Å². The van der Waals surface area contributed by atoms with Crippen molar-refractivity contribution in [3.05, 3.63) is 0 Å². The zero-order chi connectivity index (χ0) is 30.3. The number of unbranched alkanes of at least 4 members (excludes halogenated alkanes) is 34. The third kappa shape index (κ3) is 39.9. The van der Waals surface area contributed by atoms with Gasteiger partial charge in [-0.2, -0.15) is 0 Å². The molecule has 2 heteroatoms. The molecule has 0 spiro atoms. The Bertz CT molecular complexity index is 399. The maximum atomic E-state index is 8.79. The van der Waals surface area contributed by atoms with Crippen LogP contribution in [0.25, 0.3) is 0 Å². The molecule has 0 radical (unpaired) electrons. The molecule has 42 heavy (non-hydrogen) atoms. The summed E-state index contributed by atoms with van der Waals surface area (Å²) in [5.41, 5.74) is 0. The normalized spacial score (nSPS) is 11.6. The first-order chi connectivity index (χ1) is 20.9. The lowest BCUT2D eigenvalue weighted by molar-refractivity contribution is 0.282. The van der Waals surface area contributed by atoms with Crippen molar-refractivity contribution in [1.82, 2.24) is 5.32 Å². The van der Waals surface area contributed by atoms with Crippen molar-refractivity contribution < 1.29 is 5.11 Å². The third-order valence-corrected chi connectivity index (χ3v) is 9.47. The smallest absolute Gasteiger partial charge is 0.0431 e. The van der Waals surface area contributed by atoms with E-state index in [-0.39, 0.29) is 0 Å². The van der Waals surface area contributed by atoms with Crippen molar-refractivity contribution >= 4 is 0 Å². The molecular formula is C40H83NO. The van der Waals surface area contributed by atoms with Crippen molar-refractivity contribution in [2.45, 2.75) is 238 Å². The molecule has 0 rings (SSSR count). The van der Waals surface area contributed by atoms with Crippen LogP contribution in [0.15, 0.2) is 0 Å². The summed E-state index contributed by atoms with van der Waals surface area (Å²) in [7, 11) is 0. The Balaban J connectivity index is 3.02. The summed E-state index contributed by atoms with van der Waals surface area (Å²) in [4.78, 5) is 0. The van der Waals surface area contributed by atoms with E-state index in [1.165, 1.54) is 238 Å². The van der Waals surface area contributed by atoms with Crippen molar-refractivity contribution in [1.29, 1.82) is 0 Å². The molecule has 0 aromatic heterocycles. The zero-order valence-corrected chi connectivity index (χ0v) is 29.5. The molecule has 0 aromatic rings. The molecule has 0 amide bonds. The zero-order valence-electron chi connectivity index (χ0n) is 29.5. The molecule has 0 aliphatic carbocycles. The quantitative estimate of drug-likeness (QED) is 0.0695. The van der Waals surface area contributed by atoms with Gasteiger partial charge in [0.1, 0.15) is 0 Å². The van der Waals surface area contributed by atoms with E-state index in [1.807, 2.05) is 0 Å². The Kier molecular flexibility index (Phi) is 40.8. The molecule has 0 unspecified atom stereocenters. The van der Waals surface area contributed by atoms with Gasteiger partial charge in [0.05, 0.1) is 0 Å². The van der Waals surface area contributed by atoms with E-state index in [1.54, 1.807) is 0 Å². The highest BCUT2D eigenvalue weighted by Crippen LogP contribution is 2.16. The van der Waals surface area contributed by atoms with Gasteiger partial charge in [0.2, 0.25) is 0 Å². The predicted octanol–water partition coefficient (Wildman–Crippen LogP) is 13.6. The van der Waals surface area contributed by atoms with Crippen molar-refractivity contribution in [3.8, 4) is 0 Å². The average Bonchev–Trinajstić information content (AvgIpc) is 3.00. The predicted molar refractivity (Wildman–Crippen MR) is 192 cm³/mol. The Morgan fingerprint density at radius 1 is 0.262 bits per heavy atom. The van der Waals surface area contributed by atoms with E-state index in [4.69, 9.17) is 5.11 Å². The maximum Gasteiger partial charge on any atom is 0.0431 e. The van der Waals surface area contributed by atoms with Gasteiger partial charge >= 0.3 is 0 Å². The fourth-order valence-corrected chi connectivity index (χ4v) is 6.47. The van der Waals surface area contributed by atoms with E-state index >= 15 is 0 Å². The third-order valence-electron chi connectivity index (χ3n) is 9.47. The second kappa shape index (κ2) is 40.9. The summed E-state index contributed by atoms with van der Waals surface area (Å²) in [5, 5.41) is 12.5. The second-order valence-electron chi connectivity index (χ2n) is 13.8. The molecule has 2 nitrogen and oxygen atoms in total. The molecule has 0 aromatic carbocycles. The summed E-state index contributed by atoms with van der Waals surface area (Å²) < 4.78 is 0. The first-order valence-electron chi connectivity index (χ1n) is 20.2. The highest BCUT2D eigenvalue weighted by molar-refractivity contribution is 4.54. The highest BCUT2D eigenvalue weighted by Gasteiger charge is 1.97. The monoisotopic (exact) mass is 594 g/mol. The van der Waals surface area contributed by atoms with Gasteiger partial charge in [-0.1, -0.05) is 219 Å². The topological polar surface area (TPSA) is 32.3 Å². The lowest BCUT2D eigenvalue weighted by Gasteiger charge is -2.06. The Labute approximate surface area is 267 Å². The lowest BCUT2D eigenvalue weighted by atomic mass is 10.0. The molecule has 0 aliphatic rings. The number of nitrogens with one attached hydrogen (secondary N) is 1. The maximum absolute atomic E-state index is 8.79. The van der Waals surface area contributed by atoms with Gasteiger partial charge in [-0.15, -0.1) is 0 Å². The minimum atomic E-state index is 0.372. The minimum Gasteiger partial charge on any atom is -0.396 e. The van der Waals surface area contributed by atoms with Crippen LogP contribution in [0.4, 0.5) is 0 Å². The van der Waals surface area contributed by atoms with Crippen molar-refractivity contribution in [3.63, 3.8) is 0 Å². The molecule has 254 valence electrons. The van der Waals surface area contributed by atoms with Crippen LogP contribution >= 0.6 is 0 Å². The molecule has 0 heterocycles. The van der Waals surface area contributed by atoms with Crippen LogP contribution in [0.5, 0.6) is 0 Å². The summed E-state index contributed by atoms with van der Waals surface area (Å²) in [5.74, 6) is 0. The van der Waals surface area contributed by atoms with Gasteiger partial charge in [-0.3, -0.25) is 0 Å². The van der Waals surface area contributed by atoms with Crippen LogP contribution in [0.1, 0.15) is 238 Å². The first-order valence-corrected chi connectivity index (χ1v) is 20.2. The van der Waals surface area contributed by atoms with E-state index in [0.717, 1.165) is 6.42 Å². The first kappa shape index (κ1) is 41.9. The summed E-state index contributed by atoms with van der Waals surface area (Å²) >= 11 is 0. The average molecular weight is 594 g/mol. The van der Waals surface area contributed by atoms with Gasteiger partial charge in [0.25, 0.3) is 0 Å². The van der Waals surface area contributed by atoms with Crippen LogP contribution in [0.2, 0.25) is 0 Å². The standard InChI is InChI=1S/C40H83NO/c1-2-3-4-5-6-7-8-9-10-11-14-17-20-23-26-29-32-35-38-41-39-36-33-30-27-24-21-18-15-12-13-16-19-22-25-28-31-34-37-40-42/h41-42H,2-40H2,1H3. The molecule has 2 N–H and O–H groups in total. The van der Waals surface area contributed by atoms with Crippen molar-refractivity contribution in [2.75, 3.05) is 19.7 Å². The molecule has 0 fully saturated rings. The van der Waals surface area contributed by atoms with Crippen molar-refractivity contribution in [2.24, 2.45) is 0 Å². The van der Waals surface area contributed by atoms with Gasteiger partial charge in [0, 0.05) is 6.61 Å². The summed E-state index contributed by atoms with van der Waals surface area (Å²) in [6.45, 7) is 5.16. The molecule has 0 atom stereocenters. The highest BCUT2D eigenvalue weighted by atomic mass is 16.2. The minimum absolute atomic E-state index is 0.372.